The van der Waals surface area contributed by atoms with Gasteiger partial charge in [-0.25, -0.2) is 0 Å². The Labute approximate surface area is 70.0 Å². The quantitative estimate of drug-likeness (QED) is 0.538. The van der Waals surface area contributed by atoms with E-state index in [1.54, 1.807) is 0 Å². The van der Waals surface area contributed by atoms with Crippen LogP contribution in [0.1, 0.15) is 38.5 Å². The van der Waals surface area contributed by atoms with Gasteiger partial charge >= 0.3 is 0 Å². The van der Waals surface area contributed by atoms with Crippen LogP contribution in [0.2, 0.25) is 0 Å². The zero-order chi connectivity index (χ0) is 7.94. The number of rotatable bonds is 3. The summed E-state index contributed by atoms with van der Waals surface area (Å²) in [6.07, 6.45) is 14.7. The van der Waals surface area contributed by atoms with Crippen molar-refractivity contribution in [1.29, 1.82) is 0 Å². The monoisotopic (exact) mass is 150 g/mol. The minimum atomic E-state index is 0.972. The van der Waals surface area contributed by atoms with E-state index in [9.17, 15) is 0 Å². The second-order valence-electron chi connectivity index (χ2n) is 3.40. The summed E-state index contributed by atoms with van der Waals surface area (Å²) in [5, 5.41) is 0. The van der Waals surface area contributed by atoms with Crippen molar-refractivity contribution in [3.05, 3.63) is 24.8 Å². The van der Waals surface area contributed by atoms with Gasteiger partial charge in [-0.15, -0.1) is 0 Å². The molecule has 0 aromatic carbocycles. The van der Waals surface area contributed by atoms with Gasteiger partial charge in [-0.05, 0) is 12.3 Å². The summed E-state index contributed by atoms with van der Waals surface area (Å²) in [7, 11) is 0. The molecule has 0 N–H and O–H groups in total. The van der Waals surface area contributed by atoms with Gasteiger partial charge in [0, 0.05) is 0 Å². The van der Waals surface area contributed by atoms with Gasteiger partial charge in [-0.1, -0.05) is 56.9 Å². The molecule has 0 aliphatic heterocycles. The first-order chi connectivity index (χ1) is 5.43. The zero-order valence-electron chi connectivity index (χ0n) is 7.26. The van der Waals surface area contributed by atoms with E-state index < -0.39 is 0 Å². The molecule has 1 rings (SSSR count). The van der Waals surface area contributed by atoms with E-state index in [0.29, 0.717) is 0 Å². The zero-order valence-corrected chi connectivity index (χ0v) is 7.26. The largest absolute Gasteiger partial charge is 0.0991 e. The summed E-state index contributed by atoms with van der Waals surface area (Å²) in [6.45, 7) is 3.66. The lowest BCUT2D eigenvalue weighted by atomic mass is 9.87. The molecule has 0 heterocycles. The average Bonchev–Trinajstić information content (AvgIpc) is 2.07. The van der Waals surface area contributed by atoms with Crippen LogP contribution in [0.15, 0.2) is 24.8 Å². The van der Waals surface area contributed by atoms with E-state index in [2.05, 4.69) is 18.7 Å². The lowest BCUT2D eigenvalue weighted by Gasteiger charge is -2.19. The second kappa shape index (κ2) is 5.17. The second-order valence-corrected chi connectivity index (χ2v) is 3.40. The van der Waals surface area contributed by atoms with Gasteiger partial charge in [0.15, 0.2) is 0 Å². The number of hydrogen-bond donors (Lipinski definition) is 0. The maximum Gasteiger partial charge on any atom is -0.0319 e. The highest BCUT2D eigenvalue weighted by molar-refractivity contribution is 4.97. The van der Waals surface area contributed by atoms with Crippen LogP contribution in [-0.4, -0.2) is 0 Å². The van der Waals surface area contributed by atoms with Crippen molar-refractivity contribution in [3.8, 4) is 0 Å². The number of allylic oxidation sites excluding steroid dienone is 3. The van der Waals surface area contributed by atoms with Gasteiger partial charge in [0.25, 0.3) is 0 Å². The van der Waals surface area contributed by atoms with Crippen LogP contribution in [-0.2, 0) is 0 Å². The standard InChI is InChI=1S/C11H18/c1-2-3-5-8-11-9-6-4-7-10-11/h2-3,5,11H,1,4,6-10H2/b5-3+. The van der Waals surface area contributed by atoms with Crippen molar-refractivity contribution < 1.29 is 0 Å². The van der Waals surface area contributed by atoms with Gasteiger partial charge in [0.2, 0.25) is 0 Å². The van der Waals surface area contributed by atoms with Crippen molar-refractivity contribution in [2.24, 2.45) is 5.92 Å². The third kappa shape index (κ3) is 3.41. The Bertz CT molecular complexity index is 127. The van der Waals surface area contributed by atoms with Gasteiger partial charge in [-0.3, -0.25) is 0 Å². The van der Waals surface area contributed by atoms with Crippen molar-refractivity contribution >= 4 is 0 Å². The molecule has 0 spiro atoms. The molecule has 0 amide bonds. The first-order valence-corrected chi connectivity index (χ1v) is 4.71. The third-order valence-electron chi connectivity index (χ3n) is 2.47. The molecule has 1 fully saturated rings. The van der Waals surface area contributed by atoms with Gasteiger partial charge in [-0.2, -0.15) is 0 Å². The first-order valence-electron chi connectivity index (χ1n) is 4.71. The predicted octanol–water partition coefficient (Wildman–Crippen LogP) is 3.70. The lowest BCUT2D eigenvalue weighted by Crippen LogP contribution is -2.04. The summed E-state index contributed by atoms with van der Waals surface area (Å²) >= 11 is 0. The molecule has 0 atom stereocenters. The van der Waals surface area contributed by atoms with Crippen LogP contribution in [0.5, 0.6) is 0 Å². The van der Waals surface area contributed by atoms with Crippen molar-refractivity contribution in [2.75, 3.05) is 0 Å². The van der Waals surface area contributed by atoms with Crippen LogP contribution < -0.4 is 0 Å². The normalized spacial score (nSPS) is 20.7. The van der Waals surface area contributed by atoms with Gasteiger partial charge in [0.05, 0.1) is 0 Å². The molecule has 1 aliphatic rings. The Hall–Kier alpha value is -0.520. The molecule has 62 valence electrons. The fraction of sp³-hybridized carbons (Fsp3) is 0.636. The van der Waals surface area contributed by atoms with E-state index >= 15 is 0 Å². The molecule has 0 radical (unpaired) electrons. The molecule has 0 aromatic heterocycles. The summed E-state index contributed by atoms with van der Waals surface area (Å²) in [6, 6.07) is 0. The summed E-state index contributed by atoms with van der Waals surface area (Å²) < 4.78 is 0. The maximum absolute atomic E-state index is 3.66. The smallest absolute Gasteiger partial charge is 0.0319 e. The Morgan fingerprint density at radius 2 is 1.91 bits per heavy atom. The molecule has 1 saturated carbocycles. The Morgan fingerprint density at radius 3 is 2.55 bits per heavy atom. The van der Waals surface area contributed by atoms with Crippen LogP contribution in [0, 0.1) is 5.92 Å². The Balaban J connectivity index is 2.14. The summed E-state index contributed by atoms with van der Waals surface area (Å²) in [5.41, 5.74) is 0. The van der Waals surface area contributed by atoms with Crippen LogP contribution in [0.4, 0.5) is 0 Å². The Morgan fingerprint density at radius 1 is 1.18 bits per heavy atom. The molecule has 0 unspecified atom stereocenters. The van der Waals surface area contributed by atoms with Gasteiger partial charge in [0.1, 0.15) is 0 Å². The van der Waals surface area contributed by atoms with E-state index in [-0.39, 0.29) is 0 Å². The summed E-state index contributed by atoms with van der Waals surface area (Å²) in [5.74, 6) is 0.972. The van der Waals surface area contributed by atoms with Crippen LogP contribution >= 0.6 is 0 Å². The highest BCUT2D eigenvalue weighted by Crippen LogP contribution is 2.26. The molecular weight excluding hydrogens is 132 g/mol. The molecule has 0 heteroatoms. The molecular formula is C11H18. The van der Waals surface area contributed by atoms with Crippen molar-refractivity contribution in [3.63, 3.8) is 0 Å². The summed E-state index contributed by atoms with van der Waals surface area (Å²) in [4.78, 5) is 0. The van der Waals surface area contributed by atoms with Crippen LogP contribution in [0.3, 0.4) is 0 Å². The van der Waals surface area contributed by atoms with E-state index in [1.807, 2.05) is 6.08 Å². The van der Waals surface area contributed by atoms with Crippen molar-refractivity contribution in [1.82, 2.24) is 0 Å². The lowest BCUT2D eigenvalue weighted by molar-refractivity contribution is 0.361. The molecule has 11 heavy (non-hydrogen) atoms. The fourth-order valence-corrected chi connectivity index (χ4v) is 1.79. The minimum Gasteiger partial charge on any atom is -0.0991 e. The van der Waals surface area contributed by atoms with Crippen LogP contribution in [0.25, 0.3) is 0 Å². The number of hydrogen-bond acceptors (Lipinski definition) is 0. The predicted molar refractivity (Wildman–Crippen MR) is 50.5 cm³/mol. The highest BCUT2D eigenvalue weighted by atomic mass is 14.2. The van der Waals surface area contributed by atoms with E-state index in [4.69, 9.17) is 0 Å². The fourth-order valence-electron chi connectivity index (χ4n) is 1.79. The molecule has 1 aliphatic carbocycles. The molecule has 0 bridgehead atoms. The van der Waals surface area contributed by atoms with E-state index in [0.717, 1.165) is 5.92 Å². The topological polar surface area (TPSA) is 0 Å². The molecule has 0 aromatic rings. The molecule has 0 nitrogen and oxygen atoms in total. The average molecular weight is 150 g/mol. The minimum absolute atomic E-state index is 0.972. The third-order valence-corrected chi connectivity index (χ3v) is 2.47. The van der Waals surface area contributed by atoms with Crippen molar-refractivity contribution in [2.45, 2.75) is 38.5 Å². The van der Waals surface area contributed by atoms with E-state index in [1.165, 1.54) is 38.5 Å². The SMILES string of the molecule is C=C/C=C/CC1CCCCC1. The Kier molecular flexibility index (Phi) is 4.03. The first kappa shape index (κ1) is 8.58. The highest BCUT2D eigenvalue weighted by Gasteiger charge is 2.10. The van der Waals surface area contributed by atoms with Gasteiger partial charge < -0.3 is 0 Å². The maximum atomic E-state index is 3.66. The molecule has 0 saturated heterocycles.